The summed E-state index contributed by atoms with van der Waals surface area (Å²) in [5.41, 5.74) is -3.31. The van der Waals surface area contributed by atoms with Gasteiger partial charge in [0.25, 0.3) is 0 Å². The molecule has 0 amide bonds. The molecule has 2 rings (SSSR count). The van der Waals surface area contributed by atoms with Gasteiger partial charge in [-0.25, -0.2) is 9.78 Å². The maximum Gasteiger partial charge on any atom is 0.142 e. The van der Waals surface area contributed by atoms with E-state index < -0.39 is 22.0 Å². The first kappa shape index (κ1) is 12.7. The van der Waals surface area contributed by atoms with Gasteiger partial charge < -0.3 is 4.74 Å². The Hall–Kier alpha value is 0.230. The Balaban J connectivity index is 2.53. The van der Waals surface area contributed by atoms with Gasteiger partial charge in [0.05, 0.1) is 0 Å². The highest BCUT2D eigenvalue weighted by Crippen LogP contribution is 2.49. The Morgan fingerprint density at radius 3 is 2.00 bits per heavy atom. The molecule has 2 aliphatic heterocycles. The van der Waals surface area contributed by atoms with E-state index in [2.05, 4.69) is 0 Å². The molecule has 2 aliphatic rings. The van der Waals surface area contributed by atoms with E-state index in [1.165, 1.54) is 19.2 Å². The third kappa shape index (κ3) is 1.17. The van der Waals surface area contributed by atoms with Crippen molar-refractivity contribution in [2.45, 2.75) is 28.9 Å². The number of hydrogen-bond acceptors (Lipinski definition) is 4. The summed E-state index contributed by atoms with van der Waals surface area (Å²) in [6, 6.07) is 0. The Morgan fingerprint density at radius 2 is 1.50 bits per heavy atom. The monoisotopic (exact) mass is 206 g/mol. The van der Waals surface area contributed by atoms with Crippen molar-refractivity contribution in [2.24, 2.45) is 0 Å². The fraction of sp³-hybridized carbons (Fsp3) is 1.00. The normalized spacial score (nSPS) is 51.4. The van der Waals surface area contributed by atoms with E-state index in [-0.39, 0.29) is 0 Å². The minimum absolute atomic E-state index is 1.30. The number of ether oxygens (including phenoxy) is 1. The highest BCUT2D eigenvalue weighted by molar-refractivity contribution is 6.56. The largest absolute Gasteiger partial charge is 0.399 e. The third-order valence-electron chi connectivity index (χ3n) is 3.18. The van der Waals surface area contributed by atoms with Gasteiger partial charge in [-0.2, -0.15) is 0 Å². The second-order valence-electron chi connectivity index (χ2n) is 4.10. The second kappa shape index (κ2) is 3.16. The topological polar surface area (TPSA) is 30.9 Å². The lowest BCUT2D eigenvalue weighted by atomic mass is 9.39. The lowest BCUT2D eigenvalue weighted by Crippen LogP contribution is -2.81. The summed E-state index contributed by atoms with van der Waals surface area (Å²) >= 11 is 0. The molecule has 0 aromatic rings. The van der Waals surface area contributed by atoms with Crippen LogP contribution in [0.25, 0.3) is 0 Å². The first-order chi connectivity index (χ1) is 7.13. The summed E-state index contributed by atoms with van der Waals surface area (Å²) in [5, 5.41) is -3.42. The van der Waals surface area contributed by atoms with Crippen LogP contribution in [0.5, 0.6) is 0 Å². The lowest BCUT2D eigenvalue weighted by molar-refractivity contribution is -0.313. The zero-order chi connectivity index (χ0) is 12.4. The number of morpholine rings is 1. The molecule has 2 heterocycles. The number of rotatable bonds is 1. The maximum absolute atomic E-state index is 5.95. The van der Waals surface area contributed by atoms with Crippen molar-refractivity contribution in [3.63, 3.8) is 0 Å². The van der Waals surface area contributed by atoms with Crippen LogP contribution in [-0.2, 0) is 14.5 Å². The van der Waals surface area contributed by atoms with Crippen LogP contribution < -0.4 is 0 Å². The summed E-state index contributed by atoms with van der Waals surface area (Å²) in [4.78, 5) is 11.2. The Labute approximate surface area is 102 Å². The molecule has 0 saturated carbocycles. The van der Waals surface area contributed by atoms with Crippen LogP contribution in [0.4, 0.5) is 0 Å². The zero-order valence-corrected chi connectivity index (χ0v) is 9.14. The smallest absolute Gasteiger partial charge is 0.142 e. The SMILES string of the molecule is [B]C1([B])OC([B])([B]C)C2([B])OOC1([B])N2C. The number of hydrogen-bond donors (Lipinski definition) is 0. The summed E-state index contributed by atoms with van der Waals surface area (Å²) in [6.45, 7) is 1.63. The van der Waals surface area contributed by atoms with Crippen LogP contribution in [0.2, 0.25) is 6.82 Å². The molecule has 3 unspecified atom stereocenters. The van der Waals surface area contributed by atoms with E-state index in [0.717, 1.165) is 0 Å². The standard InChI is InChI=1S/C6H6B6NO3/c1-12-4(9)6(11)13(2)5(10,15-16-6)3(7,8)14-4/h1-2H3. The van der Waals surface area contributed by atoms with Gasteiger partial charge in [0.15, 0.2) is 0 Å². The molecule has 10 heteroatoms. The molecule has 2 saturated heterocycles. The van der Waals surface area contributed by atoms with Gasteiger partial charge in [-0.05, 0) is 7.05 Å². The highest BCUT2D eigenvalue weighted by atomic mass is 17.2. The van der Waals surface area contributed by atoms with E-state index in [9.17, 15) is 0 Å². The first-order valence-corrected chi connectivity index (χ1v) is 4.69. The Kier molecular flexibility index (Phi) is 2.51. The second-order valence-corrected chi connectivity index (χ2v) is 4.10. The van der Waals surface area contributed by atoms with E-state index >= 15 is 0 Å². The van der Waals surface area contributed by atoms with Crippen molar-refractivity contribution in [1.29, 1.82) is 0 Å². The number of fused-ring (bicyclic) bond motifs is 2. The van der Waals surface area contributed by atoms with Gasteiger partial charge in [-0.15, -0.1) is 0 Å². The summed E-state index contributed by atoms with van der Waals surface area (Å²) < 4.78 is 5.31. The molecule has 4 nitrogen and oxygen atoms in total. The maximum atomic E-state index is 5.95. The van der Waals surface area contributed by atoms with Crippen LogP contribution in [0.3, 0.4) is 0 Å². The molecule has 0 aromatic heterocycles. The summed E-state index contributed by atoms with van der Waals surface area (Å²) in [7, 11) is 32.1. The molecular formula is C6H6B6NO3. The van der Waals surface area contributed by atoms with Crippen molar-refractivity contribution in [3.05, 3.63) is 0 Å². The van der Waals surface area contributed by atoms with Crippen molar-refractivity contribution in [3.8, 4) is 0 Å². The molecule has 3 atom stereocenters. The Bertz CT molecular complexity index is 331. The summed E-state index contributed by atoms with van der Waals surface area (Å²) in [5.74, 6) is 0. The number of likely N-dealkylation sites (N-methyl/N-ethyl adjacent to an activating group) is 1. The van der Waals surface area contributed by atoms with Crippen LogP contribution in [-0.4, -0.2) is 80.5 Å². The van der Waals surface area contributed by atoms with Gasteiger partial charge in [0.2, 0.25) is 0 Å². The molecule has 0 aliphatic carbocycles. The molecule has 2 bridgehead atoms. The van der Waals surface area contributed by atoms with Crippen LogP contribution in [0.15, 0.2) is 0 Å². The molecule has 71 valence electrons. The minimum Gasteiger partial charge on any atom is -0.399 e. The Morgan fingerprint density at radius 1 is 1.00 bits per heavy atom. The van der Waals surface area contributed by atoms with Gasteiger partial charge in [0, 0.05) is 10.8 Å². The predicted molar refractivity (Wildman–Crippen MR) is 62.3 cm³/mol. The van der Waals surface area contributed by atoms with Crippen LogP contribution in [0, 0.1) is 0 Å². The molecule has 0 N–H and O–H groups in total. The van der Waals surface area contributed by atoms with E-state index in [1.807, 2.05) is 0 Å². The molecule has 11 radical (unpaired) electrons. The first-order valence-electron chi connectivity index (χ1n) is 4.69. The molecular weight excluding hydrogens is 199 g/mol. The molecule has 16 heavy (non-hydrogen) atoms. The van der Waals surface area contributed by atoms with Crippen molar-refractivity contribution >= 4 is 46.5 Å². The molecule has 2 fully saturated rings. The van der Waals surface area contributed by atoms with Gasteiger partial charge in [0.1, 0.15) is 57.8 Å². The molecule has 0 spiro atoms. The lowest BCUT2D eigenvalue weighted by Gasteiger charge is -2.60. The zero-order valence-electron chi connectivity index (χ0n) is 9.14. The predicted octanol–water partition coefficient (Wildman–Crippen LogP) is -2.88. The van der Waals surface area contributed by atoms with Crippen LogP contribution >= 0.6 is 0 Å². The fourth-order valence-corrected chi connectivity index (χ4v) is 1.83. The van der Waals surface area contributed by atoms with Crippen molar-refractivity contribution in [2.75, 3.05) is 7.05 Å². The van der Waals surface area contributed by atoms with Crippen molar-refractivity contribution < 1.29 is 14.5 Å². The third-order valence-corrected chi connectivity index (χ3v) is 3.18. The highest BCUT2D eigenvalue weighted by Gasteiger charge is 2.68. The van der Waals surface area contributed by atoms with Crippen LogP contribution in [0.1, 0.15) is 0 Å². The van der Waals surface area contributed by atoms with E-state index in [4.69, 9.17) is 53.7 Å². The average molecular weight is 205 g/mol. The molecule has 0 aromatic carbocycles. The van der Waals surface area contributed by atoms with E-state index in [1.54, 1.807) is 6.82 Å². The minimum atomic E-state index is -1.87. The summed E-state index contributed by atoms with van der Waals surface area (Å²) in [6.07, 6.45) is 0. The van der Waals surface area contributed by atoms with Crippen molar-refractivity contribution in [1.82, 2.24) is 4.90 Å². The average Bonchev–Trinajstić information content (AvgIpc) is 2.41. The van der Waals surface area contributed by atoms with Gasteiger partial charge in [-0.3, -0.25) is 4.90 Å². The fourth-order valence-electron chi connectivity index (χ4n) is 1.83. The van der Waals surface area contributed by atoms with Gasteiger partial charge in [-0.1, -0.05) is 6.82 Å². The van der Waals surface area contributed by atoms with Gasteiger partial charge >= 0.3 is 0 Å². The quantitative estimate of drug-likeness (QED) is 0.340. The number of nitrogens with zero attached hydrogens (tertiary/aromatic N) is 1. The van der Waals surface area contributed by atoms with E-state index in [0.29, 0.717) is 0 Å².